The fraction of sp³-hybridized carbons (Fsp3) is 0.730. The van der Waals surface area contributed by atoms with Crippen LogP contribution in [0.1, 0.15) is 278 Å². The van der Waals surface area contributed by atoms with Crippen LogP contribution >= 0.6 is 0 Å². The predicted molar refractivity (Wildman–Crippen MR) is 297 cm³/mol. The maximum absolute atomic E-state index is 12.9. The molecule has 0 aliphatic rings. The Morgan fingerprint density at radius 1 is 0.304 bits per heavy atom. The Morgan fingerprint density at radius 3 is 0.942 bits per heavy atom. The highest BCUT2D eigenvalue weighted by atomic mass is 16.6. The zero-order valence-electron chi connectivity index (χ0n) is 45.3. The van der Waals surface area contributed by atoms with Crippen LogP contribution in [0.4, 0.5) is 0 Å². The molecule has 0 aliphatic carbocycles. The molecule has 0 aromatic rings. The number of ether oxygens (including phenoxy) is 3. The van der Waals surface area contributed by atoms with E-state index in [1.165, 1.54) is 135 Å². The molecule has 0 aliphatic heterocycles. The van der Waals surface area contributed by atoms with E-state index < -0.39 is 6.10 Å². The van der Waals surface area contributed by atoms with Gasteiger partial charge in [0.2, 0.25) is 0 Å². The van der Waals surface area contributed by atoms with Gasteiger partial charge in [-0.3, -0.25) is 14.4 Å². The molecule has 6 nitrogen and oxygen atoms in total. The van der Waals surface area contributed by atoms with Crippen LogP contribution in [-0.4, -0.2) is 37.2 Å². The van der Waals surface area contributed by atoms with Crippen molar-refractivity contribution in [2.24, 2.45) is 0 Å². The Kier molecular flexibility index (Phi) is 54.3. The largest absolute Gasteiger partial charge is 0.462 e. The van der Waals surface area contributed by atoms with Gasteiger partial charge in [0.05, 0.1) is 0 Å². The Morgan fingerprint density at radius 2 is 0.565 bits per heavy atom. The number of hydrogen-bond donors (Lipinski definition) is 0. The first kappa shape index (κ1) is 65.6. The van der Waals surface area contributed by atoms with Gasteiger partial charge < -0.3 is 14.2 Å². The van der Waals surface area contributed by atoms with Gasteiger partial charge in [0, 0.05) is 19.3 Å². The number of carbonyl (C=O) groups is 3. The summed E-state index contributed by atoms with van der Waals surface area (Å²) in [4.78, 5) is 38.2. The summed E-state index contributed by atoms with van der Waals surface area (Å²) in [5, 5.41) is 0. The smallest absolute Gasteiger partial charge is 0.306 e. The number of carbonyl (C=O) groups excluding carboxylic acids is 3. The maximum Gasteiger partial charge on any atom is 0.306 e. The summed E-state index contributed by atoms with van der Waals surface area (Å²) in [7, 11) is 0. The average molecular weight is 962 g/mol. The highest BCUT2D eigenvalue weighted by molar-refractivity contribution is 5.71. The number of unbranched alkanes of at least 4 members (excludes halogenated alkanes) is 27. The van der Waals surface area contributed by atoms with Gasteiger partial charge in [-0.2, -0.15) is 0 Å². The molecule has 69 heavy (non-hydrogen) atoms. The molecule has 0 rings (SSSR count). The Bertz CT molecular complexity index is 1330. The Hall–Kier alpha value is -3.41. The van der Waals surface area contributed by atoms with Crippen LogP contribution in [0.5, 0.6) is 0 Å². The molecule has 0 N–H and O–H groups in total. The van der Waals surface area contributed by atoms with Crippen molar-refractivity contribution in [2.45, 2.75) is 284 Å². The van der Waals surface area contributed by atoms with Gasteiger partial charge in [-0.25, -0.2) is 0 Å². The SMILES string of the molecule is CC/C=C\C/C=C\C/C=C\C/C=C\CCCCC(=O)OCC(COC(=O)CCCCCCCC/C=C\C/C=C\C/C=C\CCCCC)OC(=O)CCCCCCCCCCCCCCCCCCC. The van der Waals surface area contributed by atoms with Crippen LogP contribution in [0.3, 0.4) is 0 Å². The Labute approximate surface area is 426 Å². The van der Waals surface area contributed by atoms with Crippen molar-refractivity contribution >= 4 is 17.9 Å². The van der Waals surface area contributed by atoms with Crippen molar-refractivity contribution in [2.75, 3.05) is 13.2 Å². The second-order valence-electron chi connectivity index (χ2n) is 19.2. The minimum atomic E-state index is -0.798. The number of allylic oxidation sites excluding steroid dienone is 14. The molecule has 1 unspecified atom stereocenters. The predicted octanol–water partition coefficient (Wildman–Crippen LogP) is 19.5. The molecule has 0 spiro atoms. The molecule has 0 amide bonds. The standard InChI is InChI=1S/C63H108O6/c1-4-7-10-13-16-19-22-25-28-30-31-33-35-38-41-44-47-50-53-56-62(65)68-59-60(58-67-61(64)55-52-49-46-43-40-37-34-27-24-21-18-15-12-9-6-3)69-63(66)57-54-51-48-45-42-39-36-32-29-26-23-20-17-14-11-8-5-2/h9,12,16,18-19,21,25,27-28,31,33-34,40,43,60H,4-8,10-11,13-15,17,20,22-24,26,29-30,32,35-39,41-42,44-59H2,1-3H3/b12-9-,19-16-,21-18-,28-25-,33-31-,34-27-,43-40-. The van der Waals surface area contributed by atoms with Crippen LogP contribution < -0.4 is 0 Å². The topological polar surface area (TPSA) is 78.9 Å². The third-order valence-electron chi connectivity index (χ3n) is 12.4. The highest BCUT2D eigenvalue weighted by Crippen LogP contribution is 2.16. The van der Waals surface area contributed by atoms with Crippen molar-refractivity contribution in [3.63, 3.8) is 0 Å². The molecular weight excluding hydrogens is 853 g/mol. The van der Waals surface area contributed by atoms with E-state index in [0.717, 1.165) is 103 Å². The number of rotatable bonds is 52. The summed E-state index contributed by atoms with van der Waals surface area (Å²) in [6, 6.07) is 0. The summed E-state index contributed by atoms with van der Waals surface area (Å²) in [5.41, 5.74) is 0. The van der Waals surface area contributed by atoms with Crippen LogP contribution in [0.2, 0.25) is 0 Å². The van der Waals surface area contributed by atoms with Gasteiger partial charge in [0.1, 0.15) is 13.2 Å². The third kappa shape index (κ3) is 55.4. The van der Waals surface area contributed by atoms with Gasteiger partial charge >= 0.3 is 17.9 Å². The lowest BCUT2D eigenvalue weighted by Crippen LogP contribution is -2.30. The van der Waals surface area contributed by atoms with Gasteiger partial charge in [-0.1, -0.05) is 247 Å². The molecule has 0 aromatic heterocycles. The molecular formula is C63H108O6. The summed E-state index contributed by atoms with van der Waals surface area (Å²) >= 11 is 0. The monoisotopic (exact) mass is 961 g/mol. The lowest BCUT2D eigenvalue weighted by molar-refractivity contribution is -0.167. The number of hydrogen-bond acceptors (Lipinski definition) is 6. The molecule has 0 saturated heterocycles. The maximum atomic E-state index is 12.9. The highest BCUT2D eigenvalue weighted by Gasteiger charge is 2.19. The van der Waals surface area contributed by atoms with Crippen molar-refractivity contribution in [3.8, 4) is 0 Å². The van der Waals surface area contributed by atoms with E-state index in [0.29, 0.717) is 19.3 Å². The molecule has 0 heterocycles. The van der Waals surface area contributed by atoms with E-state index in [4.69, 9.17) is 14.2 Å². The van der Waals surface area contributed by atoms with E-state index in [-0.39, 0.29) is 31.1 Å². The summed E-state index contributed by atoms with van der Waals surface area (Å²) in [6.07, 6.45) is 74.3. The molecule has 6 heteroatoms. The van der Waals surface area contributed by atoms with Gasteiger partial charge in [0.15, 0.2) is 6.10 Å². The molecule has 0 saturated carbocycles. The minimum absolute atomic E-state index is 0.0950. The summed E-state index contributed by atoms with van der Waals surface area (Å²) in [5.74, 6) is -0.941. The fourth-order valence-corrected chi connectivity index (χ4v) is 8.03. The van der Waals surface area contributed by atoms with E-state index in [1.807, 2.05) is 0 Å². The molecule has 0 radical (unpaired) electrons. The number of esters is 3. The molecule has 0 aromatic carbocycles. The zero-order chi connectivity index (χ0) is 50.0. The van der Waals surface area contributed by atoms with Crippen LogP contribution in [0.25, 0.3) is 0 Å². The van der Waals surface area contributed by atoms with E-state index in [9.17, 15) is 14.4 Å². The molecule has 0 fully saturated rings. The molecule has 1 atom stereocenters. The van der Waals surface area contributed by atoms with Crippen LogP contribution in [0.15, 0.2) is 85.1 Å². The van der Waals surface area contributed by atoms with Gasteiger partial charge in [-0.05, 0) is 96.3 Å². The zero-order valence-corrected chi connectivity index (χ0v) is 45.3. The normalized spacial score (nSPS) is 12.7. The summed E-state index contributed by atoms with van der Waals surface area (Å²) < 4.78 is 16.8. The van der Waals surface area contributed by atoms with Crippen molar-refractivity contribution in [1.82, 2.24) is 0 Å². The van der Waals surface area contributed by atoms with Crippen molar-refractivity contribution < 1.29 is 28.6 Å². The summed E-state index contributed by atoms with van der Waals surface area (Å²) in [6.45, 7) is 6.47. The first-order valence-corrected chi connectivity index (χ1v) is 29.1. The van der Waals surface area contributed by atoms with Crippen molar-refractivity contribution in [3.05, 3.63) is 85.1 Å². The second-order valence-corrected chi connectivity index (χ2v) is 19.2. The van der Waals surface area contributed by atoms with Gasteiger partial charge in [-0.15, -0.1) is 0 Å². The van der Waals surface area contributed by atoms with E-state index >= 15 is 0 Å². The van der Waals surface area contributed by atoms with Crippen molar-refractivity contribution in [1.29, 1.82) is 0 Å². The first-order chi connectivity index (χ1) is 34.0. The average Bonchev–Trinajstić information content (AvgIpc) is 3.35. The quantitative estimate of drug-likeness (QED) is 0.0262. The lowest BCUT2D eigenvalue weighted by atomic mass is 10.0. The Balaban J connectivity index is 4.44. The fourth-order valence-electron chi connectivity index (χ4n) is 8.03. The van der Waals surface area contributed by atoms with E-state index in [2.05, 4.69) is 106 Å². The lowest BCUT2D eigenvalue weighted by Gasteiger charge is -2.18. The molecule has 396 valence electrons. The minimum Gasteiger partial charge on any atom is -0.462 e. The van der Waals surface area contributed by atoms with Crippen LogP contribution in [0, 0.1) is 0 Å². The third-order valence-corrected chi connectivity index (χ3v) is 12.4. The van der Waals surface area contributed by atoms with Crippen LogP contribution in [-0.2, 0) is 28.6 Å². The molecule has 0 bridgehead atoms. The second kappa shape index (κ2) is 57.2. The first-order valence-electron chi connectivity index (χ1n) is 29.1. The van der Waals surface area contributed by atoms with E-state index in [1.54, 1.807) is 0 Å². The van der Waals surface area contributed by atoms with Gasteiger partial charge in [0.25, 0.3) is 0 Å².